The summed E-state index contributed by atoms with van der Waals surface area (Å²) in [6, 6.07) is 26.9. The number of H-pyrrole nitrogens is 1. The second-order valence-corrected chi connectivity index (χ2v) is 7.28. The van der Waals surface area contributed by atoms with Crippen LogP contribution in [0, 0.1) is 0 Å². The molecule has 5 rings (SSSR count). The van der Waals surface area contributed by atoms with Crippen LogP contribution in [0.3, 0.4) is 0 Å². The Kier molecular flexibility index (Phi) is 4.77. The number of aromatic nitrogens is 3. The molecule has 30 heavy (non-hydrogen) atoms. The Bertz CT molecular complexity index is 1240. The minimum atomic E-state index is 0.751. The zero-order valence-electron chi connectivity index (χ0n) is 16.7. The van der Waals surface area contributed by atoms with Crippen LogP contribution in [-0.2, 0) is 13.1 Å². The highest BCUT2D eigenvalue weighted by molar-refractivity contribution is 6.08. The van der Waals surface area contributed by atoms with Crippen LogP contribution >= 0.6 is 0 Å². The predicted molar refractivity (Wildman–Crippen MR) is 121 cm³/mol. The second-order valence-electron chi connectivity index (χ2n) is 7.28. The third-order valence-corrected chi connectivity index (χ3v) is 5.30. The van der Waals surface area contributed by atoms with Gasteiger partial charge in [0.25, 0.3) is 0 Å². The van der Waals surface area contributed by atoms with E-state index in [1.54, 1.807) is 13.4 Å². The van der Waals surface area contributed by atoms with E-state index in [0.29, 0.717) is 0 Å². The summed E-state index contributed by atoms with van der Waals surface area (Å²) in [7, 11) is 1.68. The largest absolute Gasteiger partial charge is 0.497 e. The third-order valence-electron chi connectivity index (χ3n) is 5.30. The van der Waals surface area contributed by atoms with E-state index in [-0.39, 0.29) is 0 Å². The Morgan fingerprint density at radius 3 is 2.13 bits per heavy atom. The van der Waals surface area contributed by atoms with Gasteiger partial charge in [0.2, 0.25) is 0 Å². The predicted octanol–water partition coefficient (Wildman–Crippen LogP) is 5.33. The zero-order chi connectivity index (χ0) is 20.3. The molecule has 0 saturated carbocycles. The van der Waals surface area contributed by atoms with Crippen molar-refractivity contribution in [1.82, 2.24) is 15.0 Å². The molecule has 0 spiro atoms. The molecule has 3 aromatic carbocycles. The molecule has 0 amide bonds. The van der Waals surface area contributed by atoms with E-state index in [9.17, 15) is 0 Å². The number of methoxy groups -OCH3 is 1. The van der Waals surface area contributed by atoms with E-state index in [2.05, 4.69) is 68.4 Å². The Labute approximate surface area is 175 Å². The molecule has 0 fully saturated rings. The lowest BCUT2D eigenvalue weighted by Crippen LogP contribution is -2.23. The minimum absolute atomic E-state index is 0.751. The van der Waals surface area contributed by atoms with E-state index in [1.165, 1.54) is 11.1 Å². The highest BCUT2D eigenvalue weighted by Crippen LogP contribution is 2.32. The number of fused-ring (bicyclic) bond motifs is 3. The van der Waals surface area contributed by atoms with Gasteiger partial charge in [-0.1, -0.05) is 60.7 Å². The number of nitrogens with one attached hydrogen (secondary N) is 1. The molecular weight excluding hydrogens is 372 g/mol. The number of aromatic amines is 1. The highest BCUT2D eigenvalue weighted by atomic mass is 16.5. The molecule has 5 heteroatoms. The van der Waals surface area contributed by atoms with Crippen LogP contribution in [0.15, 0.2) is 85.2 Å². The molecule has 0 bridgehead atoms. The van der Waals surface area contributed by atoms with Gasteiger partial charge in [-0.3, -0.25) is 0 Å². The SMILES string of the molecule is COc1ccc2[nH]c3c(N(Cc4ccccc4)Cc4ccccc4)ncnc3c2c1. The van der Waals surface area contributed by atoms with Crippen molar-refractivity contribution in [1.29, 1.82) is 0 Å². The van der Waals surface area contributed by atoms with E-state index >= 15 is 0 Å². The van der Waals surface area contributed by atoms with Crippen molar-refractivity contribution in [2.75, 3.05) is 12.0 Å². The summed E-state index contributed by atoms with van der Waals surface area (Å²) in [5, 5.41) is 1.03. The topological polar surface area (TPSA) is 54.0 Å². The first-order valence-electron chi connectivity index (χ1n) is 9.95. The summed E-state index contributed by atoms with van der Waals surface area (Å²) in [5.41, 5.74) is 5.33. The summed E-state index contributed by atoms with van der Waals surface area (Å²) in [6.45, 7) is 1.50. The fraction of sp³-hybridized carbons (Fsp3) is 0.120. The first-order valence-corrected chi connectivity index (χ1v) is 9.95. The number of nitrogens with zero attached hydrogens (tertiary/aromatic N) is 3. The summed E-state index contributed by atoms with van der Waals surface area (Å²) in [5.74, 6) is 1.71. The van der Waals surface area contributed by atoms with Crippen molar-refractivity contribution in [2.24, 2.45) is 0 Å². The van der Waals surface area contributed by atoms with Gasteiger partial charge in [-0.15, -0.1) is 0 Å². The Balaban J connectivity index is 1.64. The van der Waals surface area contributed by atoms with Gasteiger partial charge in [-0.05, 0) is 29.3 Å². The molecule has 2 aromatic heterocycles. The second kappa shape index (κ2) is 7.87. The number of rotatable bonds is 6. The number of hydrogen-bond acceptors (Lipinski definition) is 4. The lowest BCUT2D eigenvalue weighted by Gasteiger charge is -2.24. The molecule has 2 heterocycles. The number of anilines is 1. The summed E-state index contributed by atoms with van der Waals surface area (Å²) in [6.07, 6.45) is 1.65. The fourth-order valence-electron chi connectivity index (χ4n) is 3.84. The van der Waals surface area contributed by atoms with Gasteiger partial charge < -0.3 is 14.6 Å². The van der Waals surface area contributed by atoms with E-state index in [4.69, 9.17) is 4.74 Å². The van der Waals surface area contributed by atoms with Crippen LogP contribution in [0.5, 0.6) is 5.75 Å². The molecule has 148 valence electrons. The standard InChI is InChI=1S/C25H22N4O/c1-30-20-12-13-22-21(14-20)23-24(28-22)25(27-17-26-23)29(15-18-8-4-2-5-9-18)16-19-10-6-3-7-11-19/h2-14,17,28H,15-16H2,1H3. The average Bonchev–Trinajstić information content (AvgIpc) is 3.18. The van der Waals surface area contributed by atoms with Gasteiger partial charge in [-0.2, -0.15) is 0 Å². The molecule has 1 N–H and O–H groups in total. The zero-order valence-corrected chi connectivity index (χ0v) is 16.7. The Morgan fingerprint density at radius 2 is 1.50 bits per heavy atom. The fourth-order valence-corrected chi connectivity index (χ4v) is 3.84. The van der Waals surface area contributed by atoms with Crippen LogP contribution in [0.2, 0.25) is 0 Å². The normalized spacial score (nSPS) is 11.1. The number of benzene rings is 3. The quantitative estimate of drug-likeness (QED) is 0.423. The van der Waals surface area contributed by atoms with Crippen LogP contribution in [0.4, 0.5) is 5.82 Å². The monoisotopic (exact) mass is 394 g/mol. The lowest BCUT2D eigenvalue weighted by molar-refractivity contribution is 0.415. The number of hydrogen-bond donors (Lipinski definition) is 1. The molecule has 0 radical (unpaired) electrons. The lowest BCUT2D eigenvalue weighted by atomic mass is 10.1. The van der Waals surface area contributed by atoms with E-state index in [1.807, 2.05) is 30.3 Å². The molecule has 5 aromatic rings. The Morgan fingerprint density at radius 1 is 0.833 bits per heavy atom. The van der Waals surface area contributed by atoms with Crippen molar-refractivity contribution >= 4 is 27.8 Å². The summed E-state index contributed by atoms with van der Waals surface area (Å²) in [4.78, 5) is 15.1. The summed E-state index contributed by atoms with van der Waals surface area (Å²) >= 11 is 0. The average molecular weight is 394 g/mol. The first kappa shape index (κ1) is 18.2. The smallest absolute Gasteiger partial charge is 0.157 e. The van der Waals surface area contributed by atoms with E-state index < -0.39 is 0 Å². The van der Waals surface area contributed by atoms with Gasteiger partial charge in [0.1, 0.15) is 23.1 Å². The van der Waals surface area contributed by atoms with Gasteiger partial charge in [0, 0.05) is 24.0 Å². The van der Waals surface area contributed by atoms with Crippen molar-refractivity contribution in [2.45, 2.75) is 13.1 Å². The number of ether oxygens (including phenoxy) is 1. The maximum atomic E-state index is 5.41. The molecular formula is C25H22N4O. The molecule has 0 aliphatic carbocycles. The van der Waals surface area contributed by atoms with Crippen LogP contribution in [0.25, 0.3) is 21.9 Å². The minimum Gasteiger partial charge on any atom is -0.497 e. The molecule has 5 nitrogen and oxygen atoms in total. The molecule has 0 atom stereocenters. The van der Waals surface area contributed by atoms with Crippen molar-refractivity contribution < 1.29 is 4.74 Å². The maximum absolute atomic E-state index is 5.41. The van der Waals surface area contributed by atoms with Gasteiger partial charge in [-0.25, -0.2) is 9.97 Å². The molecule has 0 unspecified atom stereocenters. The van der Waals surface area contributed by atoms with Gasteiger partial charge in [0.05, 0.1) is 7.11 Å². The molecule has 0 aliphatic heterocycles. The van der Waals surface area contributed by atoms with Gasteiger partial charge >= 0.3 is 0 Å². The van der Waals surface area contributed by atoms with Crippen LogP contribution in [0.1, 0.15) is 11.1 Å². The van der Waals surface area contributed by atoms with Crippen LogP contribution < -0.4 is 9.64 Å². The first-order chi connectivity index (χ1) is 14.8. The maximum Gasteiger partial charge on any atom is 0.157 e. The van der Waals surface area contributed by atoms with Crippen LogP contribution in [-0.4, -0.2) is 22.1 Å². The van der Waals surface area contributed by atoms with Crippen molar-refractivity contribution in [3.63, 3.8) is 0 Å². The van der Waals surface area contributed by atoms with Crippen molar-refractivity contribution in [3.05, 3.63) is 96.3 Å². The summed E-state index contributed by atoms with van der Waals surface area (Å²) < 4.78 is 5.41. The highest BCUT2D eigenvalue weighted by Gasteiger charge is 2.17. The molecule has 0 saturated heterocycles. The van der Waals surface area contributed by atoms with E-state index in [0.717, 1.165) is 46.6 Å². The third kappa shape index (κ3) is 3.46. The van der Waals surface area contributed by atoms with Crippen molar-refractivity contribution in [3.8, 4) is 5.75 Å². The van der Waals surface area contributed by atoms with Gasteiger partial charge in [0.15, 0.2) is 5.82 Å². The Hall–Kier alpha value is -3.86. The molecule has 0 aliphatic rings.